The van der Waals surface area contributed by atoms with Gasteiger partial charge in [0.25, 0.3) is 5.24 Å². The van der Waals surface area contributed by atoms with E-state index in [1.807, 2.05) is 17.0 Å². The number of hydrogen-bond acceptors (Lipinski definition) is 3. The minimum Gasteiger partial charge on any atom is -0.336 e. The Morgan fingerprint density at radius 1 is 1.26 bits per heavy atom. The molecule has 0 N–H and O–H groups in total. The van der Waals surface area contributed by atoms with E-state index < -0.39 is 0 Å². The molecule has 3 rings (SSSR count). The van der Waals surface area contributed by atoms with Crippen molar-refractivity contribution in [3.05, 3.63) is 33.8 Å². The predicted molar refractivity (Wildman–Crippen MR) is 94.2 cm³/mol. The summed E-state index contributed by atoms with van der Waals surface area (Å²) in [5.74, 6) is 0.922. The van der Waals surface area contributed by atoms with Crippen LogP contribution in [0, 0.1) is 0 Å². The smallest absolute Gasteiger partial charge is 0.281 e. The van der Waals surface area contributed by atoms with Crippen molar-refractivity contribution in [3.63, 3.8) is 0 Å². The second-order valence-electron chi connectivity index (χ2n) is 5.77. The van der Waals surface area contributed by atoms with E-state index >= 15 is 0 Å². The average molecular weight is 373 g/mol. The van der Waals surface area contributed by atoms with Crippen LogP contribution in [0.3, 0.4) is 0 Å². The van der Waals surface area contributed by atoms with Gasteiger partial charge in [0.1, 0.15) is 0 Å². The molecular formula is C16H18Cl2N2O2S. The van der Waals surface area contributed by atoms with Crippen LogP contribution in [-0.2, 0) is 4.79 Å². The van der Waals surface area contributed by atoms with Crippen molar-refractivity contribution < 1.29 is 9.59 Å². The molecule has 4 nitrogen and oxygen atoms in total. The van der Waals surface area contributed by atoms with Crippen molar-refractivity contribution >= 4 is 46.1 Å². The van der Waals surface area contributed by atoms with Gasteiger partial charge in [0.15, 0.2) is 0 Å². The fraction of sp³-hybridized carbons (Fsp3) is 0.500. The summed E-state index contributed by atoms with van der Waals surface area (Å²) in [4.78, 5) is 27.8. The second-order valence-corrected chi connectivity index (χ2v) is 7.63. The van der Waals surface area contributed by atoms with E-state index in [0.29, 0.717) is 23.0 Å². The molecule has 1 aromatic carbocycles. The summed E-state index contributed by atoms with van der Waals surface area (Å²) in [6.45, 7) is 2.01. The maximum Gasteiger partial charge on any atom is 0.281 e. The number of rotatable bonds is 4. The van der Waals surface area contributed by atoms with Crippen LogP contribution in [0.4, 0.5) is 4.79 Å². The molecule has 0 bridgehead atoms. The number of hydrogen-bond donors (Lipinski definition) is 0. The molecule has 2 aliphatic rings. The molecule has 2 amide bonds. The molecule has 1 unspecified atom stereocenters. The summed E-state index contributed by atoms with van der Waals surface area (Å²) < 4.78 is 0. The van der Waals surface area contributed by atoms with Gasteiger partial charge in [-0.25, -0.2) is 0 Å². The van der Waals surface area contributed by atoms with Crippen LogP contribution in [-0.4, -0.2) is 46.3 Å². The van der Waals surface area contributed by atoms with Gasteiger partial charge in [0.2, 0.25) is 5.91 Å². The summed E-state index contributed by atoms with van der Waals surface area (Å²) in [7, 11) is 0. The summed E-state index contributed by atoms with van der Waals surface area (Å²) >= 11 is 13.4. The Kier molecular flexibility index (Phi) is 5.39. The lowest BCUT2D eigenvalue weighted by Crippen LogP contribution is -2.34. The zero-order chi connectivity index (χ0) is 16.4. The largest absolute Gasteiger partial charge is 0.336 e. The summed E-state index contributed by atoms with van der Waals surface area (Å²) in [6.07, 6.45) is 2.29. The van der Waals surface area contributed by atoms with Gasteiger partial charge in [-0.15, -0.1) is 0 Å². The maximum atomic E-state index is 12.6. The molecule has 0 saturated carbocycles. The normalized spacial score (nSPS) is 21.3. The highest BCUT2D eigenvalue weighted by Gasteiger charge is 2.31. The van der Waals surface area contributed by atoms with Crippen molar-refractivity contribution in [2.75, 3.05) is 25.4 Å². The Hall–Kier alpha value is -0.910. The molecule has 1 atom stereocenters. The van der Waals surface area contributed by atoms with Crippen molar-refractivity contribution in [1.82, 2.24) is 9.80 Å². The molecule has 2 heterocycles. The van der Waals surface area contributed by atoms with E-state index in [2.05, 4.69) is 0 Å². The van der Waals surface area contributed by atoms with E-state index in [1.54, 1.807) is 11.0 Å². The number of nitrogens with zero attached hydrogens (tertiary/aromatic N) is 2. The lowest BCUT2D eigenvalue weighted by molar-refractivity contribution is -0.132. The Balaban J connectivity index is 1.64. The number of carbonyl (C=O) groups excluding carboxylic acids is 2. The first-order valence-electron chi connectivity index (χ1n) is 7.72. The SMILES string of the molecule is O=C1SCCN1CCC(=O)N1CCCC1c1ccc(Cl)c(Cl)c1. The second kappa shape index (κ2) is 7.32. The molecule has 23 heavy (non-hydrogen) atoms. The molecule has 0 radical (unpaired) electrons. The van der Waals surface area contributed by atoms with Gasteiger partial charge in [-0.1, -0.05) is 41.0 Å². The van der Waals surface area contributed by atoms with Gasteiger partial charge in [-0.2, -0.15) is 0 Å². The van der Waals surface area contributed by atoms with Gasteiger partial charge in [-0.3, -0.25) is 9.59 Å². The van der Waals surface area contributed by atoms with Gasteiger partial charge >= 0.3 is 0 Å². The Bertz CT molecular complexity index is 626. The zero-order valence-corrected chi connectivity index (χ0v) is 15.0. The van der Waals surface area contributed by atoms with Gasteiger partial charge < -0.3 is 9.80 Å². The molecule has 0 spiro atoms. The highest BCUT2D eigenvalue weighted by atomic mass is 35.5. The number of likely N-dealkylation sites (tertiary alicyclic amines) is 1. The van der Waals surface area contributed by atoms with E-state index in [9.17, 15) is 9.59 Å². The predicted octanol–water partition coefficient (Wildman–Crippen LogP) is 4.22. The first kappa shape index (κ1) is 16.9. The molecule has 2 fully saturated rings. The number of benzene rings is 1. The quantitative estimate of drug-likeness (QED) is 0.794. The van der Waals surface area contributed by atoms with Crippen LogP contribution in [0.5, 0.6) is 0 Å². The highest BCUT2D eigenvalue weighted by Crippen LogP contribution is 2.35. The maximum absolute atomic E-state index is 12.6. The Labute approximate surface area is 150 Å². The van der Waals surface area contributed by atoms with E-state index in [-0.39, 0.29) is 17.2 Å². The minimum atomic E-state index is 0.0564. The number of thioether (sulfide) groups is 1. The number of amides is 2. The molecule has 7 heteroatoms. The van der Waals surface area contributed by atoms with Crippen LogP contribution in [0.1, 0.15) is 30.9 Å². The van der Waals surface area contributed by atoms with Crippen LogP contribution < -0.4 is 0 Å². The topological polar surface area (TPSA) is 40.6 Å². The average Bonchev–Trinajstić information content (AvgIpc) is 3.17. The third-order valence-electron chi connectivity index (χ3n) is 4.34. The Morgan fingerprint density at radius 2 is 2.09 bits per heavy atom. The fourth-order valence-electron chi connectivity index (χ4n) is 3.13. The van der Waals surface area contributed by atoms with Crippen molar-refractivity contribution in [1.29, 1.82) is 0 Å². The van der Waals surface area contributed by atoms with Crippen molar-refractivity contribution in [3.8, 4) is 0 Å². The molecule has 2 saturated heterocycles. The molecule has 0 aromatic heterocycles. The lowest BCUT2D eigenvalue weighted by Gasteiger charge is -2.26. The zero-order valence-electron chi connectivity index (χ0n) is 12.6. The van der Waals surface area contributed by atoms with Crippen LogP contribution in [0.2, 0.25) is 10.0 Å². The van der Waals surface area contributed by atoms with Crippen molar-refractivity contribution in [2.45, 2.75) is 25.3 Å². The summed E-state index contributed by atoms with van der Waals surface area (Å²) in [5.41, 5.74) is 1.03. The first-order chi connectivity index (χ1) is 11.1. The summed E-state index contributed by atoms with van der Waals surface area (Å²) in [6, 6.07) is 5.62. The molecular weight excluding hydrogens is 355 g/mol. The molecule has 0 aliphatic carbocycles. The van der Waals surface area contributed by atoms with Gasteiger partial charge in [0, 0.05) is 31.8 Å². The van der Waals surface area contributed by atoms with Gasteiger partial charge in [-0.05, 0) is 30.5 Å². The van der Waals surface area contributed by atoms with E-state index in [0.717, 1.165) is 37.2 Å². The molecule has 2 aliphatic heterocycles. The highest BCUT2D eigenvalue weighted by molar-refractivity contribution is 8.13. The standard InChI is InChI=1S/C16H18Cl2N2O2S/c17-12-4-3-11(10-13(12)18)14-2-1-6-20(14)15(21)5-7-19-8-9-23-16(19)22/h3-4,10,14H,1-2,5-9H2. The Morgan fingerprint density at radius 3 is 2.78 bits per heavy atom. The van der Waals surface area contributed by atoms with E-state index in [1.165, 1.54) is 11.8 Å². The van der Waals surface area contributed by atoms with Crippen LogP contribution in [0.25, 0.3) is 0 Å². The van der Waals surface area contributed by atoms with Crippen LogP contribution >= 0.6 is 35.0 Å². The lowest BCUT2D eigenvalue weighted by atomic mass is 10.0. The third kappa shape index (κ3) is 3.78. The fourth-order valence-corrected chi connectivity index (χ4v) is 4.29. The molecule has 124 valence electrons. The minimum absolute atomic E-state index is 0.0564. The third-order valence-corrected chi connectivity index (χ3v) is 5.97. The summed E-state index contributed by atoms with van der Waals surface area (Å²) in [5, 5.41) is 1.12. The van der Waals surface area contributed by atoms with Crippen molar-refractivity contribution in [2.24, 2.45) is 0 Å². The first-order valence-corrected chi connectivity index (χ1v) is 9.46. The number of carbonyl (C=O) groups is 2. The monoisotopic (exact) mass is 372 g/mol. The number of halogens is 2. The molecule has 1 aromatic rings. The van der Waals surface area contributed by atoms with Gasteiger partial charge in [0.05, 0.1) is 16.1 Å². The van der Waals surface area contributed by atoms with E-state index in [4.69, 9.17) is 23.2 Å². The van der Waals surface area contributed by atoms with Crippen LogP contribution in [0.15, 0.2) is 18.2 Å².